The Morgan fingerprint density at radius 3 is 2.64 bits per heavy atom. The highest BCUT2D eigenvalue weighted by Crippen LogP contribution is 2.35. The van der Waals surface area contributed by atoms with Gasteiger partial charge >= 0.3 is 0 Å². The van der Waals surface area contributed by atoms with Crippen LogP contribution >= 0.6 is 34.8 Å². The van der Waals surface area contributed by atoms with E-state index in [-0.39, 0.29) is 0 Å². The van der Waals surface area contributed by atoms with Crippen molar-refractivity contribution < 1.29 is 0 Å². The molecule has 0 atom stereocenters. The van der Waals surface area contributed by atoms with Crippen LogP contribution in [0.15, 0.2) is 30.7 Å². The predicted molar refractivity (Wildman–Crippen MR) is 92.5 cm³/mol. The fourth-order valence-corrected chi connectivity index (χ4v) is 3.13. The molecular weight excluding hydrogens is 343 g/mol. The van der Waals surface area contributed by atoms with E-state index in [1.54, 1.807) is 24.7 Å². The molecule has 3 aromatic rings. The number of rotatable bonds is 4. The molecule has 7 heteroatoms. The summed E-state index contributed by atoms with van der Waals surface area (Å²) in [5, 5.41) is 5.86. The van der Waals surface area contributed by atoms with Crippen LogP contribution in [0.4, 0.5) is 5.69 Å². The minimum Gasteiger partial charge on any atom is -0.397 e. The van der Waals surface area contributed by atoms with Crippen molar-refractivity contribution in [2.24, 2.45) is 0 Å². The number of fused-ring (bicyclic) bond motifs is 1. The maximum Gasteiger partial charge on any atom is 0.0721 e. The van der Waals surface area contributed by atoms with E-state index in [4.69, 9.17) is 40.5 Å². The largest absolute Gasteiger partial charge is 0.397 e. The summed E-state index contributed by atoms with van der Waals surface area (Å²) in [6, 6.07) is 3.59. The van der Waals surface area contributed by atoms with Gasteiger partial charge in [-0.05, 0) is 17.7 Å². The van der Waals surface area contributed by atoms with Gasteiger partial charge in [-0.3, -0.25) is 4.98 Å². The number of nitrogen functional groups attached to an aromatic ring is 1. The molecule has 0 fully saturated rings. The lowest BCUT2D eigenvalue weighted by molar-refractivity contribution is 0.693. The van der Waals surface area contributed by atoms with Gasteiger partial charge in [0.2, 0.25) is 0 Å². The van der Waals surface area contributed by atoms with Crippen LogP contribution in [0.5, 0.6) is 0 Å². The second-order valence-electron chi connectivity index (χ2n) is 4.89. The molecule has 0 amide bonds. The van der Waals surface area contributed by atoms with Crippen LogP contribution in [-0.4, -0.2) is 9.97 Å². The maximum absolute atomic E-state index is 6.28. The van der Waals surface area contributed by atoms with Crippen LogP contribution in [-0.2, 0) is 13.1 Å². The highest BCUT2D eigenvalue weighted by Gasteiger charge is 2.13. The van der Waals surface area contributed by atoms with Crippen molar-refractivity contribution in [3.8, 4) is 0 Å². The summed E-state index contributed by atoms with van der Waals surface area (Å²) in [5.74, 6) is 0. The quantitative estimate of drug-likeness (QED) is 0.608. The lowest BCUT2D eigenvalue weighted by Crippen LogP contribution is -2.14. The van der Waals surface area contributed by atoms with Gasteiger partial charge in [0, 0.05) is 47.7 Å². The van der Waals surface area contributed by atoms with E-state index >= 15 is 0 Å². The highest BCUT2D eigenvalue weighted by atomic mass is 35.5. The first-order valence-electron chi connectivity index (χ1n) is 6.60. The molecule has 4 nitrogen and oxygen atoms in total. The van der Waals surface area contributed by atoms with E-state index in [9.17, 15) is 0 Å². The Morgan fingerprint density at radius 1 is 1.09 bits per heavy atom. The van der Waals surface area contributed by atoms with Gasteiger partial charge in [-0.15, -0.1) is 0 Å². The monoisotopic (exact) mass is 354 g/mol. The molecular formula is C15H13Cl3N4. The first kappa shape index (κ1) is 15.4. The first-order chi connectivity index (χ1) is 10.6. The van der Waals surface area contributed by atoms with Crippen LogP contribution in [0.3, 0.4) is 0 Å². The van der Waals surface area contributed by atoms with Crippen molar-refractivity contribution in [1.82, 2.24) is 15.3 Å². The third-order valence-corrected chi connectivity index (χ3v) is 4.43. The summed E-state index contributed by atoms with van der Waals surface area (Å²) in [7, 11) is 0. The molecule has 2 heterocycles. The molecule has 22 heavy (non-hydrogen) atoms. The summed E-state index contributed by atoms with van der Waals surface area (Å²) >= 11 is 18.5. The Hall–Kier alpha value is -1.46. The molecule has 0 aliphatic carbocycles. The lowest BCUT2D eigenvalue weighted by Gasteiger charge is -2.10. The summed E-state index contributed by atoms with van der Waals surface area (Å²) in [5.41, 5.74) is 9.40. The number of anilines is 1. The minimum atomic E-state index is 0.559. The Bertz CT molecular complexity index is 829. The van der Waals surface area contributed by atoms with E-state index in [2.05, 4.69) is 15.3 Å². The van der Waals surface area contributed by atoms with Crippen LogP contribution in [0.1, 0.15) is 11.1 Å². The molecule has 0 aliphatic rings. The Morgan fingerprint density at radius 2 is 1.86 bits per heavy atom. The number of nitrogens with one attached hydrogen (secondary N) is 2. The number of benzene rings is 1. The fraction of sp³-hybridized carbons (Fsp3) is 0.133. The van der Waals surface area contributed by atoms with Crippen LogP contribution in [0, 0.1) is 0 Å². The van der Waals surface area contributed by atoms with E-state index in [1.807, 2.05) is 6.07 Å². The van der Waals surface area contributed by atoms with Crippen molar-refractivity contribution in [3.63, 3.8) is 0 Å². The van der Waals surface area contributed by atoms with E-state index in [1.165, 1.54) is 0 Å². The molecule has 0 saturated carbocycles. The second kappa shape index (κ2) is 6.34. The molecule has 0 spiro atoms. The van der Waals surface area contributed by atoms with Gasteiger partial charge < -0.3 is 16.0 Å². The van der Waals surface area contributed by atoms with Crippen molar-refractivity contribution in [1.29, 1.82) is 0 Å². The van der Waals surface area contributed by atoms with Crippen LogP contribution in [0.25, 0.3) is 10.9 Å². The van der Waals surface area contributed by atoms with E-state index in [0.29, 0.717) is 33.8 Å². The summed E-state index contributed by atoms with van der Waals surface area (Å²) in [6.45, 7) is 1.15. The van der Waals surface area contributed by atoms with Gasteiger partial charge in [-0.1, -0.05) is 34.8 Å². The first-order valence-corrected chi connectivity index (χ1v) is 7.74. The number of H-pyrrole nitrogens is 1. The number of aromatic amines is 1. The SMILES string of the molecule is Nc1c(CNCc2cnccc2Cl)cc(Cl)c2c(Cl)c[nH]c12. The number of hydrogen-bond donors (Lipinski definition) is 3. The minimum absolute atomic E-state index is 0.559. The molecule has 0 saturated heterocycles. The fourth-order valence-electron chi connectivity index (χ4n) is 2.33. The Balaban J connectivity index is 1.80. The van der Waals surface area contributed by atoms with Crippen molar-refractivity contribution in [2.75, 3.05) is 5.73 Å². The average molecular weight is 356 g/mol. The normalized spacial score (nSPS) is 11.2. The Kier molecular flexibility index (Phi) is 4.45. The summed E-state index contributed by atoms with van der Waals surface area (Å²) in [4.78, 5) is 7.11. The van der Waals surface area contributed by atoms with Gasteiger partial charge in [0.15, 0.2) is 0 Å². The zero-order valence-corrected chi connectivity index (χ0v) is 13.7. The molecule has 0 unspecified atom stereocenters. The standard InChI is InChI=1S/C15H13Cl3N4/c16-10-1-2-20-5-9(10)6-21-4-8-3-11(17)13-12(18)7-22-15(13)14(8)19/h1-3,5,7,21-22H,4,6,19H2. The number of halogens is 3. The van der Waals surface area contributed by atoms with Gasteiger partial charge in [0.1, 0.15) is 0 Å². The number of nitrogens with two attached hydrogens (primary N) is 1. The Labute approximate surface area is 142 Å². The average Bonchev–Trinajstić information content (AvgIpc) is 2.89. The topological polar surface area (TPSA) is 66.7 Å². The number of aromatic nitrogens is 2. The molecule has 2 aromatic heterocycles. The van der Waals surface area contributed by atoms with Gasteiger partial charge in [-0.25, -0.2) is 0 Å². The molecule has 1 aromatic carbocycles. The molecule has 3 rings (SSSR count). The summed E-state index contributed by atoms with van der Waals surface area (Å²) < 4.78 is 0. The maximum atomic E-state index is 6.28. The van der Waals surface area contributed by atoms with Crippen molar-refractivity contribution in [3.05, 3.63) is 56.9 Å². The van der Waals surface area contributed by atoms with Crippen LogP contribution < -0.4 is 11.1 Å². The zero-order chi connectivity index (χ0) is 15.7. The molecule has 0 bridgehead atoms. The number of hydrogen-bond acceptors (Lipinski definition) is 3. The van der Waals surface area contributed by atoms with Gasteiger partial charge in [-0.2, -0.15) is 0 Å². The highest BCUT2D eigenvalue weighted by molar-refractivity contribution is 6.42. The van der Waals surface area contributed by atoms with Crippen molar-refractivity contribution >= 4 is 51.4 Å². The van der Waals surface area contributed by atoms with Gasteiger partial charge in [0.05, 0.1) is 21.2 Å². The molecule has 0 aliphatic heterocycles. The lowest BCUT2D eigenvalue weighted by atomic mass is 10.1. The van der Waals surface area contributed by atoms with Crippen LogP contribution in [0.2, 0.25) is 15.1 Å². The smallest absolute Gasteiger partial charge is 0.0721 e. The number of nitrogens with zero attached hydrogens (tertiary/aromatic N) is 1. The predicted octanol–water partition coefficient (Wildman–Crippen LogP) is 4.40. The van der Waals surface area contributed by atoms with Gasteiger partial charge in [0.25, 0.3) is 0 Å². The molecule has 4 N–H and O–H groups in total. The third-order valence-electron chi connectivity index (χ3n) is 3.46. The second-order valence-corrected chi connectivity index (χ2v) is 6.11. The molecule has 114 valence electrons. The van der Waals surface area contributed by atoms with E-state index in [0.717, 1.165) is 22.0 Å². The molecule has 0 radical (unpaired) electrons. The van der Waals surface area contributed by atoms with E-state index < -0.39 is 0 Å². The summed E-state index contributed by atoms with van der Waals surface area (Å²) in [6.07, 6.45) is 5.08. The van der Waals surface area contributed by atoms with Crippen molar-refractivity contribution in [2.45, 2.75) is 13.1 Å². The number of pyridine rings is 1. The third kappa shape index (κ3) is 2.88. The zero-order valence-electron chi connectivity index (χ0n) is 11.5.